The third-order valence-electron chi connectivity index (χ3n) is 2.40. The number of carbonyl (C=O) groups excluding carboxylic acids is 1. The lowest BCUT2D eigenvalue weighted by atomic mass is 10.1. The molecule has 0 aromatic heterocycles. The van der Waals surface area contributed by atoms with Crippen LogP contribution in [0.15, 0.2) is 28.7 Å². The SMILES string of the molecule is CSC[C@](C)(O)CNC(=O)Cc1ccc(Br)cc1. The van der Waals surface area contributed by atoms with E-state index in [1.807, 2.05) is 30.5 Å². The average Bonchev–Trinajstić information content (AvgIpc) is 2.30. The van der Waals surface area contributed by atoms with Gasteiger partial charge in [0.15, 0.2) is 0 Å². The lowest BCUT2D eigenvalue weighted by Crippen LogP contribution is -2.42. The maximum atomic E-state index is 11.7. The van der Waals surface area contributed by atoms with E-state index in [0.717, 1.165) is 10.0 Å². The highest BCUT2D eigenvalue weighted by Crippen LogP contribution is 2.11. The number of amides is 1. The molecule has 0 spiro atoms. The van der Waals surface area contributed by atoms with Crippen molar-refractivity contribution in [2.75, 3.05) is 18.6 Å². The first-order valence-corrected chi connectivity index (χ1v) is 7.84. The van der Waals surface area contributed by atoms with Crippen LogP contribution in [-0.2, 0) is 11.2 Å². The van der Waals surface area contributed by atoms with Gasteiger partial charge in [-0.25, -0.2) is 0 Å². The first-order valence-electron chi connectivity index (χ1n) is 5.65. The third kappa shape index (κ3) is 5.89. The quantitative estimate of drug-likeness (QED) is 0.840. The number of rotatable bonds is 6. The average molecular weight is 332 g/mol. The number of thioether (sulfide) groups is 1. The minimum Gasteiger partial charge on any atom is -0.387 e. The second-order valence-electron chi connectivity index (χ2n) is 4.51. The van der Waals surface area contributed by atoms with Crippen molar-refractivity contribution < 1.29 is 9.90 Å². The molecule has 0 saturated heterocycles. The molecule has 0 saturated carbocycles. The van der Waals surface area contributed by atoms with Crippen LogP contribution in [0.1, 0.15) is 12.5 Å². The zero-order valence-corrected chi connectivity index (χ0v) is 13.0. The van der Waals surface area contributed by atoms with Gasteiger partial charge >= 0.3 is 0 Å². The molecule has 0 radical (unpaired) electrons. The fraction of sp³-hybridized carbons (Fsp3) is 0.462. The van der Waals surface area contributed by atoms with Gasteiger partial charge in [-0.15, -0.1) is 0 Å². The van der Waals surface area contributed by atoms with E-state index in [1.54, 1.807) is 18.7 Å². The molecule has 0 aliphatic carbocycles. The normalized spacial score (nSPS) is 14.0. The highest BCUT2D eigenvalue weighted by atomic mass is 79.9. The summed E-state index contributed by atoms with van der Waals surface area (Å²) in [6.07, 6.45) is 2.26. The third-order valence-corrected chi connectivity index (χ3v) is 3.84. The zero-order chi connectivity index (χ0) is 13.6. The molecule has 0 heterocycles. The lowest BCUT2D eigenvalue weighted by molar-refractivity contribution is -0.121. The van der Waals surface area contributed by atoms with Crippen molar-refractivity contribution in [2.45, 2.75) is 18.9 Å². The van der Waals surface area contributed by atoms with Gasteiger partial charge in [-0.2, -0.15) is 11.8 Å². The van der Waals surface area contributed by atoms with Gasteiger partial charge in [0.2, 0.25) is 5.91 Å². The van der Waals surface area contributed by atoms with Crippen LogP contribution >= 0.6 is 27.7 Å². The molecule has 5 heteroatoms. The summed E-state index contributed by atoms with van der Waals surface area (Å²) in [5, 5.41) is 12.7. The van der Waals surface area contributed by atoms with E-state index in [2.05, 4.69) is 21.2 Å². The van der Waals surface area contributed by atoms with Gasteiger partial charge in [0, 0.05) is 16.8 Å². The molecular formula is C13H18BrNO2S. The van der Waals surface area contributed by atoms with Crippen molar-refractivity contribution in [1.29, 1.82) is 0 Å². The van der Waals surface area contributed by atoms with Gasteiger partial charge in [-0.3, -0.25) is 4.79 Å². The second-order valence-corrected chi connectivity index (χ2v) is 6.29. The summed E-state index contributed by atoms with van der Waals surface area (Å²) in [4.78, 5) is 11.7. The van der Waals surface area contributed by atoms with E-state index in [1.165, 1.54) is 0 Å². The Morgan fingerprint density at radius 3 is 2.61 bits per heavy atom. The monoisotopic (exact) mass is 331 g/mol. The summed E-state index contributed by atoms with van der Waals surface area (Å²) in [6, 6.07) is 7.63. The number of halogens is 1. The summed E-state index contributed by atoms with van der Waals surface area (Å²) in [5.41, 5.74) is 0.106. The molecule has 1 aromatic carbocycles. The van der Waals surface area contributed by atoms with Crippen LogP contribution in [0.25, 0.3) is 0 Å². The second kappa shape index (κ2) is 7.16. The Kier molecular flexibility index (Phi) is 6.18. The van der Waals surface area contributed by atoms with Crippen molar-refractivity contribution >= 4 is 33.6 Å². The minimum atomic E-state index is -0.852. The largest absolute Gasteiger partial charge is 0.387 e. The number of hydrogen-bond acceptors (Lipinski definition) is 3. The highest BCUT2D eigenvalue weighted by Gasteiger charge is 2.20. The van der Waals surface area contributed by atoms with E-state index in [9.17, 15) is 9.90 Å². The van der Waals surface area contributed by atoms with Crippen LogP contribution in [0.4, 0.5) is 0 Å². The molecule has 0 bridgehead atoms. The van der Waals surface area contributed by atoms with Gasteiger partial charge in [-0.1, -0.05) is 28.1 Å². The summed E-state index contributed by atoms with van der Waals surface area (Å²) >= 11 is 4.91. The van der Waals surface area contributed by atoms with Crippen molar-refractivity contribution in [1.82, 2.24) is 5.32 Å². The number of carbonyl (C=O) groups is 1. The Morgan fingerprint density at radius 1 is 1.44 bits per heavy atom. The summed E-state index contributed by atoms with van der Waals surface area (Å²) in [7, 11) is 0. The van der Waals surface area contributed by atoms with Crippen LogP contribution in [0, 0.1) is 0 Å². The first-order chi connectivity index (χ1) is 8.43. The lowest BCUT2D eigenvalue weighted by Gasteiger charge is -2.22. The number of aliphatic hydroxyl groups is 1. The fourth-order valence-corrected chi connectivity index (χ4v) is 2.49. The van der Waals surface area contributed by atoms with Crippen molar-refractivity contribution in [2.24, 2.45) is 0 Å². The molecule has 0 fully saturated rings. The van der Waals surface area contributed by atoms with Crippen LogP contribution in [0.3, 0.4) is 0 Å². The van der Waals surface area contributed by atoms with Gasteiger partial charge in [-0.05, 0) is 30.9 Å². The van der Waals surface area contributed by atoms with E-state index in [4.69, 9.17) is 0 Å². The molecule has 0 aliphatic heterocycles. The number of benzene rings is 1. The molecule has 3 nitrogen and oxygen atoms in total. The molecule has 100 valence electrons. The maximum absolute atomic E-state index is 11.7. The van der Waals surface area contributed by atoms with E-state index in [-0.39, 0.29) is 12.5 Å². The Labute approximate surface area is 120 Å². The summed E-state index contributed by atoms with van der Waals surface area (Å²) in [6.45, 7) is 2.01. The smallest absolute Gasteiger partial charge is 0.224 e. The minimum absolute atomic E-state index is 0.0706. The van der Waals surface area contributed by atoms with Crippen molar-refractivity contribution in [3.63, 3.8) is 0 Å². The molecular weight excluding hydrogens is 314 g/mol. The predicted molar refractivity (Wildman–Crippen MR) is 79.9 cm³/mol. The Hall–Kier alpha value is -0.520. The molecule has 1 amide bonds. The van der Waals surface area contributed by atoms with Gasteiger partial charge in [0.05, 0.1) is 12.0 Å². The molecule has 18 heavy (non-hydrogen) atoms. The topological polar surface area (TPSA) is 49.3 Å². The van der Waals surface area contributed by atoms with Crippen molar-refractivity contribution in [3.05, 3.63) is 34.3 Å². The summed E-state index contributed by atoms with van der Waals surface area (Å²) < 4.78 is 0.995. The highest BCUT2D eigenvalue weighted by molar-refractivity contribution is 9.10. The standard InChI is InChI=1S/C13H18BrNO2S/c1-13(17,9-18-2)8-15-12(16)7-10-3-5-11(14)6-4-10/h3-6,17H,7-9H2,1-2H3,(H,15,16)/t13-/m1/s1. The molecule has 1 aromatic rings. The summed E-state index contributed by atoms with van der Waals surface area (Å²) in [5.74, 6) is 0.532. The zero-order valence-electron chi connectivity index (χ0n) is 10.6. The number of nitrogens with one attached hydrogen (secondary N) is 1. The van der Waals surface area contributed by atoms with Crippen molar-refractivity contribution in [3.8, 4) is 0 Å². The Morgan fingerprint density at radius 2 is 2.06 bits per heavy atom. The number of hydrogen-bond donors (Lipinski definition) is 2. The molecule has 2 N–H and O–H groups in total. The maximum Gasteiger partial charge on any atom is 0.224 e. The first kappa shape index (κ1) is 15.5. The fourth-order valence-electron chi connectivity index (χ4n) is 1.50. The molecule has 0 unspecified atom stereocenters. The molecule has 0 aliphatic rings. The Bertz CT molecular complexity index is 392. The van der Waals surface area contributed by atoms with Crippen LogP contribution in [0.5, 0.6) is 0 Å². The Balaban J connectivity index is 2.40. The predicted octanol–water partition coefficient (Wildman–Crippen LogP) is 2.22. The van der Waals surface area contributed by atoms with E-state index >= 15 is 0 Å². The van der Waals surface area contributed by atoms with Gasteiger partial charge in [0.25, 0.3) is 0 Å². The molecule has 1 atom stereocenters. The van der Waals surface area contributed by atoms with Crippen LogP contribution in [0.2, 0.25) is 0 Å². The van der Waals surface area contributed by atoms with Crippen LogP contribution in [-0.4, -0.2) is 35.2 Å². The van der Waals surface area contributed by atoms with E-state index < -0.39 is 5.60 Å². The molecule has 1 rings (SSSR count). The van der Waals surface area contributed by atoms with E-state index in [0.29, 0.717) is 12.2 Å². The van der Waals surface area contributed by atoms with Gasteiger partial charge < -0.3 is 10.4 Å². The van der Waals surface area contributed by atoms with Gasteiger partial charge in [0.1, 0.15) is 0 Å². The van der Waals surface area contributed by atoms with Crippen LogP contribution < -0.4 is 5.32 Å².